The minimum absolute atomic E-state index is 0.160. The van der Waals surface area contributed by atoms with Crippen molar-refractivity contribution >= 4 is 29.2 Å². The van der Waals surface area contributed by atoms with Crippen LogP contribution in [0.15, 0.2) is 42.6 Å². The number of aromatic nitrogens is 3. The molecular weight excluding hydrogens is 615 g/mol. The van der Waals surface area contributed by atoms with Crippen molar-refractivity contribution in [3.05, 3.63) is 65.0 Å². The van der Waals surface area contributed by atoms with Crippen LogP contribution in [-0.2, 0) is 34.7 Å². The maximum atomic E-state index is 13.5. The van der Waals surface area contributed by atoms with Crippen molar-refractivity contribution in [3.63, 3.8) is 0 Å². The highest BCUT2D eigenvalue weighted by Crippen LogP contribution is 2.36. The van der Waals surface area contributed by atoms with Gasteiger partial charge in [-0.2, -0.15) is 44.5 Å². The third kappa shape index (κ3) is 8.61. The number of nitrogens with two attached hydrogens (primary N) is 1. The molecule has 1 aromatic carbocycles. The van der Waals surface area contributed by atoms with Crippen LogP contribution in [0.2, 0.25) is 0 Å². The summed E-state index contributed by atoms with van der Waals surface area (Å²) in [6, 6.07) is 6.78. The average Bonchev–Trinajstić information content (AvgIpc) is 3.16. The normalized spacial score (nSPS) is 13.8. The summed E-state index contributed by atoms with van der Waals surface area (Å²) < 4.78 is 117. The van der Waals surface area contributed by atoms with Crippen molar-refractivity contribution in [1.29, 1.82) is 0 Å². The summed E-state index contributed by atoms with van der Waals surface area (Å²) in [5.41, 5.74) is 6.21. The van der Waals surface area contributed by atoms with E-state index in [0.29, 0.717) is 23.4 Å². The lowest BCUT2D eigenvalue weighted by molar-refractivity contribution is -0.192. The summed E-state index contributed by atoms with van der Waals surface area (Å²) in [6.45, 7) is 0.901. The molecule has 0 bridgehead atoms. The summed E-state index contributed by atoms with van der Waals surface area (Å²) >= 11 is 0. The Morgan fingerprint density at radius 3 is 2.14 bits per heavy atom. The molecular formula is C26H25F9N6O3. The zero-order chi connectivity index (χ0) is 32.9. The summed E-state index contributed by atoms with van der Waals surface area (Å²) in [5, 5.41) is 7.12. The number of alkyl halides is 9. The van der Waals surface area contributed by atoms with Crippen molar-refractivity contribution in [2.75, 3.05) is 48.9 Å². The lowest BCUT2D eigenvalue weighted by Crippen LogP contribution is -2.29. The third-order valence-corrected chi connectivity index (χ3v) is 6.26. The van der Waals surface area contributed by atoms with E-state index < -0.39 is 35.6 Å². The number of nitrogens with zero attached hydrogens (tertiary/aromatic N) is 5. The fourth-order valence-electron chi connectivity index (χ4n) is 4.18. The number of halogens is 9. The Hall–Kier alpha value is -4.35. The molecule has 0 aliphatic carbocycles. The highest BCUT2D eigenvalue weighted by Gasteiger charge is 2.38. The van der Waals surface area contributed by atoms with Crippen LogP contribution in [0.25, 0.3) is 0 Å². The van der Waals surface area contributed by atoms with Crippen LogP contribution < -0.4 is 15.5 Å². The van der Waals surface area contributed by atoms with E-state index in [-0.39, 0.29) is 50.2 Å². The monoisotopic (exact) mass is 640 g/mol. The van der Waals surface area contributed by atoms with E-state index in [1.807, 2.05) is 0 Å². The standard InChI is InChI=1S/C24H24F6N6O.C2HF3O2/c1-37-14-13-36(16-6-4-15(5-7-16)23(25,26)27)22-33-19-9-12-35(11-8-17(19)20(31)34-22)21-18(24(28,29)30)3-2-10-32-21;3-2(4,5)1(6)7/h2-7,10H,8-9,11-14H2,1H3,(H2,31,33,34);(H,6,7). The second-order valence-electron chi connectivity index (χ2n) is 9.19. The second-order valence-corrected chi connectivity index (χ2v) is 9.19. The van der Waals surface area contributed by atoms with Gasteiger partial charge in [0.25, 0.3) is 0 Å². The number of anilines is 4. The first-order valence-electron chi connectivity index (χ1n) is 12.6. The molecule has 0 saturated carbocycles. The molecule has 2 aromatic heterocycles. The Morgan fingerprint density at radius 1 is 0.977 bits per heavy atom. The lowest BCUT2D eigenvalue weighted by atomic mass is 10.1. The third-order valence-electron chi connectivity index (χ3n) is 6.26. The first-order valence-corrected chi connectivity index (χ1v) is 12.6. The Labute approximate surface area is 244 Å². The van der Waals surface area contributed by atoms with Crippen molar-refractivity contribution in [2.45, 2.75) is 31.4 Å². The van der Waals surface area contributed by atoms with E-state index in [4.69, 9.17) is 20.4 Å². The number of benzene rings is 1. The molecule has 18 heteroatoms. The summed E-state index contributed by atoms with van der Waals surface area (Å²) in [6.07, 6.45) is -12.2. The molecule has 3 N–H and O–H groups in total. The van der Waals surface area contributed by atoms with E-state index in [1.165, 1.54) is 31.5 Å². The van der Waals surface area contributed by atoms with E-state index in [2.05, 4.69) is 15.0 Å². The quantitative estimate of drug-likeness (QED) is 0.336. The van der Waals surface area contributed by atoms with Crippen molar-refractivity contribution in [1.82, 2.24) is 15.0 Å². The minimum Gasteiger partial charge on any atom is -0.475 e. The molecule has 9 nitrogen and oxygen atoms in total. The van der Waals surface area contributed by atoms with Crippen LogP contribution in [0.5, 0.6) is 0 Å². The van der Waals surface area contributed by atoms with E-state index in [0.717, 1.165) is 18.2 Å². The van der Waals surface area contributed by atoms with Gasteiger partial charge in [0.2, 0.25) is 5.95 Å². The van der Waals surface area contributed by atoms with Gasteiger partial charge in [-0.05, 0) is 42.8 Å². The fourth-order valence-corrected chi connectivity index (χ4v) is 4.18. The first kappa shape index (κ1) is 34.1. The van der Waals surface area contributed by atoms with Crippen molar-refractivity contribution < 1.29 is 54.2 Å². The molecule has 44 heavy (non-hydrogen) atoms. The molecule has 0 saturated heterocycles. The van der Waals surface area contributed by atoms with Crippen LogP contribution >= 0.6 is 0 Å². The van der Waals surface area contributed by atoms with Crippen LogP contribution in [0, 0.1) is 0 Å². The number of fused-ring (bicyclic) bond motifs is 1. The van der Waals surface area contributed by atoms with Crippen LogP contribution in [0.1, 0.15) is 22.4 Å². The number of hydrogen-bond donors (Lipinski definition) is 2. The number of carboxylic acid groups (broad SMARTS) is 1. The molecule has 0 radical (unpaired) electrons. The first-order chi connectivity index (χ1) is 20.4. The molecule has 1 aliphatic rings. The summed E-state index contributed by atoms with van der Waals surface area (Å²) in [4.78, 5) is 25.0. The van der Waals surface area contributed by atoms with Gasteiger partial charge in [0.05, 0.1) is 23.4 Å². The molecule has 3 heterocycles. The van der Waals surface area contributed by atoms with Crippen molar-refractivity contribution in [2.24, 2.45) is 0 Å². The highest BCUT2D eigenvalue weighted by molar-refractivity contribution is 5.73. The zero-order valence-electron chi connectivity index (χ0n) is 22.8. The van der Waals surface area contributed by atoms with Gasteiger partial charge in [-0.3, -0.25) is 0 Å². The molecule has 0 amide bonds. The van der Waals surface area contributed by atoms with Crippen molar-refractivity contribution in [3.8, 4) is 0 Å². The Kier molecular flexibility index (Phi) is 10.5. The number of ether oxygens (including phenoxy) is 1. The van der Waals surface area contributed by atoms with Gasteiger partial charge in [0.15, 0.2) is 0 Å². The SMILES string of the molecule is COCCN(c1ccc(C(F)(F)F)cc1)c1nc(N)c2c(n1)CCN(c1ncccc1C(F)(F)F)CC2.O=C(O)C(F)(F)F. The number of methoxy groups -OCH3 is 1. The topological polar surface area (TPSA) is 118 Å². The van der Waals surface area contributed by atoms with Gasteiger partial charge in [-0.25, -0.2) is 14.8 Å². The summed E-state index contributed by atoms with van der Waals surface area (Å²) in [5.74, 6) is -2.60. The van der Waals surface area contributed by atoms with E-state index in [1.54, 1.807) is 9.80 Å². The molecule has 0 atom stereocenters. The Bertz CT molecular complexity index is 1430. The molecule has 240 valence electrons. The van der Waals surface area contributed by atoms with E-state index in [9.17, 15) is 39.5 Å². The maximum Gasteiger partial charge on any atom is 0.490 e. The maximum absolute atomic E-state index is 13.5. The highest BCUT2D eigenvalue weighted by atomic mass is 19.4. The predicted molar refractivity (Wildman–Crippen MR) is 139 cm³/mol. The van der Waals surface area contributed by atoms with Gasteiger partial charge in [0.1, 0.15) is 11.6 Å². The minimum atomic E-state index is -5.08. The molecule has 4 rings (SSSR count). The van der Waals surface area contributed by atoms with Gasteiger partial charge < -0.3 is 25.4 Å². The van der Waals surface area contributed by atoms with Crippen LogP contribution in [-0.4, -0.2) is 65.6 Å². The molecule has 0 spiro atoms. The largest absolute Gasteiger partial charge is 0.490 e. The van der Waals surface area contributed by atoms with Gasteiger partial charge in [-0.15, -0.1) is 0 Å². The van der Waals surface area contributed by atoms with Gasteiger partial charge in [0, 0.05) is 50.6 Å². The lowest BCUT2D eigenvalue weighted by Gasteiger charge is -2.24. The average molecular weight is 641 g/mol. The Morgan fingerprint density at radius 2 is 1.59 bits per heavy atom. The van der Waals surface area contributed by atoms with Crippen LogP contribution in [0.3, 0.4) is 0 Å². The molecule has 0 unspecified atom stereocenters. The number of hydrogen-bond acceptors (Lipinski definition) is 8. The second kappa shape index (κ2) is 13.5. The number of pyridine rings is 1. The number of carboxylic acids is 1. The molecule has 1 aliphatic heterocycles. The van der Waals surface area contributed by atoms with E-state index >= 15 is 0 Å². The number of rotatable bonds is 6. The summed E-state index contributed by atoms with van der Waals surface area (Å²) in [7, 11) is 1.48. The number of aliphatic carboxylic acids is 1. The van der Waals surface area contributed by atoms with Gasteiger partial charge in [-0.1, -0.05) is 0 Å². The smallest absolute Gasteiger partial charge is 0.475 e. The fraction of sp³-hybridized carbons (Fsp3) is 0.385. The molecule has 3 aromatic rings. The van der Waals surface area contributed by atoms with Gasteiger partial charge >= 0.3 is 24.5 Å². The Balaban J connectivity index is 0.000000676. The molecule has 0 fully saturated rings. The predicted octanol–water partition coefficient (Wildman–Crippen LogP) is 5.51. The number of nitrogen functional groups attached to an aromatic ring is 1. The number of carbonyl (C=O) groups is 1. The zero-order valence-corrected chi connectivity index (χ0v) is 22.8. The van der Waals surface area contributed by atoms with Crippen LogP contribution in [0.4, 0.5) is 62.8 Å².